The van der Waals surface area contributed by atoms with Gasteiger partial charge in [0.05, 0.1) is 18.6 Å². The summed E-state index contributed by atoms with van der Waals surface area (Å²) in [5.41, 5.74) is 0. The van der Waals surface area contributed by atoms with Gasteiger partial charge in [-0.15, -0.1) is 0 Å². The molecule has 4 nitrogen and oxygen atoms in total. The van der Waals surface area contributed by atoms with Gasteiger partial charge in [-0.2, -0.15) is 0 Å². The van der Waals surface area contributed by atoms with E-state index >= 15 is 0 Å². The largest absolute Gasteiger partial charge is 0.481 e. The summed E-state index contributed by atoms with van der Waals surface area (Å²) < 4.78 is 0. The number of rotatable bonds is 6. The molecular weight excluding hydrogens is 160 g/mol. The number of hydrogen-bond acceptors (Lipinski definition) is 3. The van der Waals surface area contributed by atoms with Crippen LogP contribution in [0.2, 0.25) is 0 Å². The first-order valence-electron chi connectivity index (χ1n) is 4.14. The molecule has 0 amide bonds. The molecule has 0 aromatic carbocycles. The van der Waals surface area contributed by atoms with Gasteiger partial charge in [0.25, 0.3) is 0 Å². The quantitative estimate of drug-likeness (QED) is 0.546. The summed E-state index contributed by atoms with van der Waals surface area (Å²) in [6, 6.07) is 0. The Morgan fingerprint density at radius 1 is 1.33 bits per heavy atom. The van der Waals surface area contributed by atoms with Crippen LogP contribution in [0.5, 0.6) is 0 Å². The Hall–Kier alpha value is -0.610. The van der Waals surface area contributed by atoms with Crippen LogP contribution in [0.4, 0.5) is 0 Å². The van der Waals surface area contributed by atoms with Gasteiger partial charge in [-0.25, -0.2) is 0 Å². The standard InChI is InChI=1S/C8H16O4/c1-2-3-6(9)4-7(10)5-8(11)12/h6-7,9-10H,2-5H2,1H3,(H,11,12). The second-order valence-corrected chi connectivity index (χ2v) is 2.93. The van der Waals surface area contributed by atoms with E-state index in [1.165, 1.54) is 0 Å². The molecule has 4 heteroatoms. The Labute approximate surface area is 71.8 Å². The number of carboxylic acid groups (broad SMARTS) is 1. The van der Waals surface area contributed by atoms with Crippen molar-refractivity contribution in [2.45, 2.75) is 44.8 Å². The van der Waals surface area contributed by atoms with Gasteiger partial charge in [0.2, 0.25) is 0 Å². The fraction of sp³-hybridized carbons (Fsp3) is 0.875. The molecule has 0 heterocycles. The topological polar surface area (TPSA) is 77.8 Å². The number of carboxylic acids is 1. The second-order valence-electron chi connectivity index (χ2n) is 2.93. The molecule has 0 spiro atoms. The molecule has 0 aliphatic rings. The van der Waals surface area contributed by atoms with E-state index in [1.807, 2.05) is 6.92 Å². The number of carbonyl (C=O) groups is 1. The minimum Gasteiger partial charge on any atom is -0.481 e. The molecule has 72 valence electrons. The molecule has 2 unspecified atom stereocenters. The summed E-state index contributed by atoms with van der Waals surface area (Å²) in [7, 11) is 0. The van der Waals surface area contributed by atoms with Crippen LogP contribution in [0.1, 0.15) is 32.6 Å². The van der Waals surface area contributed by atoms with Crippen molar-refractivity contribution in [3.05, 3.63) is 0 Å². The Morgan fingerprint density at radius 2 is 1.92 bits per heavy atom. The molecule has 0 saturated heterocycles. The first kappa shape index (κ1) is 11.4. The van der Waals surface area contributed by atoms with Gasteiger partial charge >= 0.3 is 5.97 Å². The van der Waals surface area contributed by atoms with Crippen molar-refractivity contribution in [2.24, 2.45) is 0 Å². The predicted octanol–water partition coefficient (Wildman–Crippen LogP) is 0.373. The van der Waals surface area contributed by atoms with Gasteiger partial charge < -0.3 is 15.3 Å². The molecule has 0 aliphatic heterocycles. The summed E-state index contributed by atoms with van der Waals surface area (Å²) in [4.78, 5) is 10.1. The van der Waals surface area contributed by atoms with E-state index in [0.717, 1.165) is 6.42 Å². The predicted molar refractivity (Wildman–Crippen MR) is 43.8 cm³/mol. The maximum absolute atomic E-state index is 10.1. The van der Waals surface area contributed by atoms with Crippen molar-refractivity contribution in [1.29, 1.82) is 0 Å². The molecule has 0 rings (SSSR count). The number of aliphatic hydroxyl groups excluding tert-OH is 2. The molecular formula is C8H16O4. The Balaban J connectivity index is 3.53. The van der Waals surface area contributed by atoms with E-state index in [4.69, 9.17) is 10.2 Å². The SMILES string of the molecule is CCCC(O)CC(O)CC(=O)O. The highest BCUT2D eigenvalue weighted by Crippen LogP contribution is 2.07. The van der Waals surface area contributed by atoms with Crippen LogP contribution < -0.4 is 0 Å². The minimum atomic E-state index is -1.04. The van der Waals surface area contributed by atoms with Gasteiger partial charge in [-0.05, 0) is 12.8 Å². The normalized spacial score (nSPS) is 15.6. The van der Waals surface area contributed by atoms with Crippen molar-refractivity contribution >= 4 is 5.97 Å². The molecule has 0 aliphatic carbocycles. The second kappa shape index (κ2) is 5.97. The third-order valence-corrected chi connectivity index (χ3v) is 1.58. The molecule has 0 aromatic heterocycles. The van der Waals surface area contributed by atoms with Crippen LogP contribution in [-0.4, -0.2) is 33.5 Å². The molecule has 0 bridgehead atoms. The zero-order valence-corrected chi connectivity index (χ0v) is 7.23. The lowest BCUT2D eigenvalue weighted by Crippen LogP contribution is -2.20. The van der Waals surface area contributed by atoms with Crippen molar-refractivity contribution in [3.8, 4) is 0 Å². The van der Waals surface area contributed by atoms with Crippen LogP contribution >= 0.6 is 0 Å². The van der Waals surface area contributed by atoms with E-state index in [0.29, 0.717) is 6.42 Å². The Bertz CT molecular complexity index is 135. The van der Waals surface area contributed by atoms with Crippen molar-refractivity contribution in [2.75, 3.05) is 0 Å². The maximum Gasteiger partial charge on any atom is 0.305 e. The van der Waals surface area contributed by atoms with Crippen molar-refractivity contribution < 1.29 is 20.1 Å². The van der Waals surface area contributed by atoms with Gasteiger partial charge in [-0.1, -0.05) is 13.3 Å². The number of aliphatic hydroxyl groups is 2. The molecule has 2 atom stereocenters. The zero-order chi connectivity index (χ0) is 9.56. The Morgan fingerprint density at radius 3 is 2.33 bits per heavy atom. The summed E-state index contributed by atoms with van der Waals surface area (Å²) in [6.07, 6.45) is -0.202. The number of aliphatic carboxylic acids is 1. The van der Waals surface area contributed by atoms with Crippen LogP contribution in [0.15, 0.2) is 0 Å². The smallest absolute Gasteiger partial charge is 0.305 e. The van der Waals surface area contributed by atoms with Gasteiger partial charge in [0, 0.05) is 0 Å². The minimum absolute atomic E-state index is 0.153. The van der Waals surface area contributed by atoms with Crippen molar-refractivity contribution in [1.82, 2.24) is 0 Å². The number of hydrogen-bond donors (Lipinski definition) is 3. The van der Waals surface area contributed by atoms with E-state index < -0.39 is 18.2 Å². The Kier molecular flexibility index (Phi) is 5.66. The van der Waals surface area contributed by atoms with E-state index in [2.05, 4.69) is 0 Å². The highest BCUT2D eigenvalue weighted by Gasteiger charge is 2.13. The van der Waals surface area contributed by atoms with Crippen LogP contribution in [0.3, 0.4) is 0 Å². The van der Waals surface area contributed by atoms with E-state index in [1.54, 1.807) is 0 Å². The molecule has 12 heavy (non-hydrogen) atoms. The highest BCUT2D eigenvalue weighted by molar-refractivity contribution is 5.67. The highest BCUT2D eigenvalue weighted by atomic mass is 16.4. The molecule has 0 saturated carbocycles. The fourth-order valence-corrected chi connectivity index (χ4v) is 1.05. The van der Waals surface area contributed by atoms with Crippen LogP contribution in [0, 0.1) is 0 Å². The third kappa shape index (κ3) is 6.12. The lowest BCUT2D eigenvalue weighted by atomic mass is 10.1. The average molecular weight is 176 g/mol. The van der Waals surface area contributed by atoms with E-state index in [-0.39, 0.29) is 12.8 Å². The van der Waals surface area contributed by atoms with Crippen LogP contribution in [0.25, 0.3) is 0 Å². The first-order valence-corrected chi connectivity index (χ1v) is 4.14. The average Bonchev–Trinajstić information content (AvgIpc) is 1.84. The molecule has 0 radical (unpaired) electrons. The molecule has 0 fully saturated rings. The van der Waals surface area contributed by atoms with Gasteiger partial charge in [0.1, 0.15) is 0 Å². The summed E-state index contributed by atoms with van der Waals surface area (Å²) in [5, 5.41) is 26.5. The van der Waals surface area contributed by atoms with Crippen LogP contribution in [-0.2, 0) is 4.79 Å². The lowest BCUT2D eigenvalue weighted by molar-refractivity contribution is -0.139. The fourth-order valence-electron chi connectivity index (χ4n) is 1.05. The first-order chi connectivity index (χ1) is 5.56. The molecule has 3 N–H and O–H groups in total. The monoisotopic (exact) mass is 176 g/mol. The van der Waals surface area contributed by atoms with Gasteiger partial charge in [-0.3, -0.25) is 4.79 Å². The third-order valence-electron chi connectivity index (χ3n) is 1.58. The van der Waals surface area contributed by atoms with Gasteiger partial charge in [0.15, 0.2) is 0 Å². The lowest BCUT2D eigenvalue weighted by Gasteiger charge is -2.12. The van der Waals surface area contributed by atoms with Crippen molar-refractivity contribution in [3.63, 3.8) is 0 Å². The summed E-state index contributed by atoms with van der Waals surface area (Å²) in [6.45, 7) is 1.92. The van der Waals surface area contributed by atoms with E-state index in [9.17, 15) is 9.90 Å². The summed E-state index contributed by atoms with van der Waals surface area (Å²) in [5.74, 6) is -1.04. The summed E-state index contributed by atoms with van der Waals surface area (Å²) >= 11 is 0. The zero-order valence-electron chi connectivity index (χ0n) is 7.23. The molecule has 0 aromatic rings. The maximum atomic E-state index is 10.1.